The highest BCUT2D eigenvalue weighted by atomic mass is 15.2. The van der Waals surface area contributed by atoms with Crippen LogP contribution >= 0.6 is 0 Å². The lowest BCUT2D eigenvalue weighted by molar-refractivity contribution is 0.271. The van der Waals surface area contributed by atoms with Crippen LogP contribution in [0.4, 0.5) is 0 Å². The Kier molecular flexibility index (Phi) is 4.21. The summed E-state index contributed by atoms with van der Waals surface area (Å²) in [5, 5.41) is 9.04. The summed E-state index contributed by atoms with van der Waals surface area (Å²) in [6, 6.07) is 8.76. The van der Waals surface area contributed by atoms with Crippen molar-refractivity contribution >= 4 is 5.65 Å². The van der Waals surface area contributed by atoms with E-state index in [1.165, 1.54) is 19.4 Å². The van der Waals surface area contributed by atoms with Gasteiger partial charge in [-0.3, -0.25) is 4.98 Å². The van der Waals surface area contributed by atoms with Crippen LogP contribution in [0.3, 0.4) is 0 Å². The smallest absolute Gasteiger partial charge is 0.137 e. The quantitative estimate of drug-likeness (QED) is 0.736. The van der Waals surface area contributed by atoms with Gasteiger partial charge in [0.05, 0.1) is 11.3 Å². The standard InChI is InChI=1S/C20H21N5/c1-15-3-2-7-24(15)8-6-19-14-25-13-17(4-5-20(25)23-19)18-9-16(10-21)11-22-12-18/h4-5,9,11-15H,2-3,6-8H2,1H3. The first kappa shape index (κ1) is 15.8. The lowest BCUT2D eigenvalue weighted by atomic mass is 10.1. The number of pyridine rings is 2. The van der Waals surface area contributed by atoms with E-state index in [-0.39, 0.29) is 0 Å². The van der Waals surface area contributed by atoms with Crippen molar-refractivity contribution in [2.45, 2.75) is 32.2 Å². The van der Waals surface area contributed by atoms with Crippen LogP contribution in [-0.2, 0) is 6.42 Å². The second-order valence-electron chi connectivity index (χ2n) is 6.77. The van der Waals surface area contributed by atoms with Crippen LogP contribution in [0.25, 0.3) is 16.8 Å². The molecule has 0 aromatic carbocycles. The Bertz CT molecular complexity index is 937. The largest absolute Gasteiger partial charge is 0.306 e. The average Bonchev–Trinajstić information content (AvgIpc) is 3.24. The van der Waals surface area contributed by atoms with E-state index < -0.39 is 0 Å². The third kappa shape index (κ3) is 3.26. The first-order valence-electron chi connectivity index (χ1n) is 8.80. The molecule has 1 saturated heterocycles. The van der Waals surface area contributed by atoms with Gasteiger partial charge in [-0.25, -0.2) is 4.98 Å². The first-order chi connectivity index (χ1) is 12.2. The maximum Gasteiger partial charge on any atom is 0.137 e. The van der Waals surface area contributed by atoms with Gasteiger partial charge in [-0.2, -0.15) is 5.26 Å². The van der Waals surface area contributed by atoms with E-state index in [0.717, 1.165) is 35.4 Å². The summed E-state index contributed by atoms with van der Waals surface area (Å²) in [5.74, 6) is 0. The highest BCUT2D eigenvalue weighted by Gasteiger charge is 2.19. The van der Waals surface area contributed by atoms with Crippen LogP contribution in [0.1, 0.15) is 31.0 Å². The molecule has 3 aromatic heterocycles. The molecule has 3 aromatic rings. The summed E-state index contributed by atoms with van der Waals surface area (Å²) in [6.45, 7) is 4.60. The molecule has 0 radical (unpaired) electrons. The highest BCUT2D eigenvalue weighted by molar-refractivity contribution is 5.65. The maximum absolute atomic E-state index is 9.04. The molecule has 0 aliphatic carbocycles. The van der Waals surface area contributed by atoms with Gasteiger partial charge in [0.1, 0.15) is 11.7 Å². The predicted octanol–water partition coefficient (Wildman–Crippen LogP) is 3.29. The molecule has 25 heavy (non-hydrogen) atoms. The molecule has 1 aliphatic rings. The molecule has 0 spiro atoms. The van der Waals surface area contributed by atoms with Crippen LogP contribution < -0.4 is 0 Å². The lowest BCUT2D eigenvalue weighted by Crippen LogP contribution is -2.29. The summed E-state index contributed by atoms with van der Waals surface area (Å²) in [4.78, 5) is 11.4. The molecular weight excluding hydrogens is 310 g/mol. The van der Waals surface area contributed by atoms with Crippen molar-refractivity contribution in [3.05, 3.63) is 54.2 Å². The van der Waals surface area contributed by atoms with Gasteiger partial charge in [-0.05, 0) is 44.5 Å². The highest BCUT2D eigenvalue weighted by Crippen LogP contribution is 2.21. The van der Waals surface area contributed by atoms with Crippen LogP contribution in [0.15, 0.2) is 43.0 Å². The lowest BCUT2D eigenvalue weighted by Gasteiger charge is -2.19. The third-order valence-corrected chi connectivity index (χ3v) is 5.05. The number of nitrogens with zero attached hydrogens (tertiary/aromatic N) is 5. The number of hydrogen-bond acceptors (Lipinski definition) is 4. The summed E-state index contributed by atoms with van der Waals surface area (Å²) >= 11 is 0. The van der Waals surface area contributed by atoms with Gasteiger partial charge in [-0.15, -0.1) is 0 Å². The van der Waals surface area contributed by atoms with Gasteiger partial charge >= 0.3 is 0 Å². The Morgan fingerprint density at radius 1 is 1.24 bits per heavy atom. The zero-order chi connectivity index (χ0) is 17.2. The normalized spacial score (nSPS) is 17.8. The van der Waals surface area contributed by atoms with Gasteiger partial charge < -0.3 is 9.30 Å². The van der Waals surface area contributed by atoms with E-state index in [2.05, 4.69) is 39.7 Å². The van der Waals surface area contributed by atoms with Crippen LogP contribution in [0.5, 0.6) is 0 Å². The van der Waals surface area contributed by atoms with Gasteiger partial charge in [0.15, 0.2) is 0 Å². The minimum absolute atomic E-state index is 0.573. The molecule has 1 unspecified atom stereocenters. The fraction of sp³-hybridized carbons (Fsp3) is 0.350. The van der Waals surface area contributed by atoms with Gasteiger partial charge in [0, 0.05) is 54.9 Å². The average molecular weight is 331 g/mol. The second-order valence-corrected chi connectivity index (χ2v) is 6.77. The fourth-order valence-corrected chi connectivity index (χ4v) is 3.58. The number of hydrogen-bond donors (Lipinski definition) is 0. The van der Waals surface area contributed by atoms with Crippen LogP contribution in [0.2, 0.25) is 0 Å². The molecule has 0 amide bonds. The predicted molar refractivity (Wildman–Crippen MR) is 97.1 cm³/mol. The van der Waals surface area contributed by atoms with Crippen molar-refractivity contribution in [1.29, 1.82) is 5.26 Å². The molecular formula is C20H21N5. The number of fused-ring (bicyclic) bond motifs is 1. The van der Waals surface area contributed by atoms with Crippen LogP contribution in [-0.4, -0.2) is 38.4 Å². The molecule has 0 bridgehead atoms. The van der Waals surface area contributed by atoms with Gasteiger partial charge in [-0.1, -0.05) is 0 Å². The van der Waals surface area contributed by atoms with Crippen molar-refractivity contribution in [3.63, 3.8) is 0 Å². The molecule has 0 saturated carbocycles. The Morgan fingerprint density at radius 3 is 2.96 bits per heavy atom. The van der Waals surface area contributed by atoms with Crippen molar-refractivity contribution in [2.24, 2.45) is 0 Å². The summed E-state index contributed by atoms with van der Waals surface area (Å²) < 4.78 is 2.07. The molecule has 5 heteroatoms. The molecule has 4 heterocycles. The minimum Gasteiger partial charge on any atom is -0.306 e. The molecule has 5 nitrogen and oxygen atoms in total. The summed E-state index contributed by atoms with van der Waals surface area (Å²) in [6.07, 6.45) is 11.1. The fourth-order valence-electron chi connectivity index (χ4n) is 3.58. The van der Waals surface area contributed by atoms with E-state index in [0.29, 0.717) is 11.6 Å². The Balaban J connectivity index is 1.55. The number of aromatic nitrogens is 3. The second kappa shape index (κ2) is 6.66. The molecule has 1 fully saturated rings. The van der Waals surface area contributed by atoms with Gasteiger partial charge in [0.2, 0.25) is 0 Å². The summed E-state index contributed by atoms with van der Waals surface area (Å²) in [5.41, 5.74) is 4.64. The zero-order valence-corrected chi connectivity index (χ0v) is 14.4. The molecule has 1 aliphatic heterocycles. The van der Waals surface area contributed by atoms with Crippen molar-refractivity contribution in [2.75, 3.05) is 13.1 Å². The number of likely N-dealkylation sites (tertiary alicyclic amines) is 1. The Morgan fingerprint density at radius 2 is 2.16 bits per heavy atom. The molecule has 1 atom stereocenters. The Hall–Kier alpha value is -2.71. The number of nitriles is 1. The first-order valence-corrected chi connectivity index (χ1v) is 8.80. The summed E-state index contributed by atoms with van der Waals surface area (Å²) in [7, 11) is 0. The monoisotopic (exact) mass is 331 g/mol. The Labute approximate surface area is 147 Å². The van der Waals surface area contributed by atoms with Crippen molar-refractivity contribution < 1.29 is 0 Å². The SMILES string of the molecule is CC1CCCN1CCc1cn2cc(-c3cncc(C#N)c3)ccc2n1. The van der Waals surface area contributed by atoms with E-state index in [1.807, 2.05) is 18.2 Å². The number of imidazole rings is 1. The maximum atomic E-state index is 9.04. The van der Waals surface area contributed by atoms with E-state index in [4.69, 9.17) is 10.2 Å². The topological polar surface area (TPSA) is 57.2 Å². The van der Waals surface area contributed by atoms with Gasteiger partial charge in [0.25, 0.3) is 0 Å². The number of rotatable bonds is 4. The molecule has 0 N–H and O–H groups in total. The third-order valence-electron chi connectivity index (χ3n) is 5.05. The minimum atomic E-state index is 0.573. The van der Waals surface area contributed by atoms with E-state index in [9.17, 15) is 0 Å². The zero-order valence-electron chi connectivity index (χ0n) is 14.4. The molecule has 126 valence electrons. The molecule has 4 rings (SSSR count). The van der Waals surface area contributed by atoms with E-state index >= 15 is 0 Å². The van der Waals surface area contributed by atoms with E-state index in [1.54, 1.807) is 12.4 Å². The van der Waals surface area contributed by atoms with Crippen LogP contribution in [0, 0.1) is 11.3 Å². The van der Waals surface area contributed by atoms with Crippen molar-refractivity contribution in [1.82, 2.24) is 19.3 Å². The van der Waals surface area contributed by atoms with Crippen molar-refractivity contribution in [3.8, 4) is 17.2 Å².